The van der Waals surface area contributed by atoms with Gasteiger partial charge in [0.05, 0.1) is 5.41 Å². The molecule has 4 heteroatoms. The highest BCUT2D eigenvalue weighted by Crippen LogP contribution is 2.36. The first-order valence-electron chi connectivity index (χ1n) is 8.37. The molecule has 4 nitrogen and oxygen atoms in total. The summed E-state index contributed by atoms with van der Waals surface area (Å²) in [5, 5.41) is 9.69. The number of hydrogen-bond donors (Lipinski definition) is 1. The molecule has 2 fully saturated rings. The van der Waals surface area contributed by atoms with Gasteiger partial charge in [0, 0.05) is 19.8 Å². The van der Waals surface area contributed by atoms with E-state index in [0.717, 1.165) is 19.0 Å². The summed E-state index contributed by atoms with van der Waals surface area (Å²) in [4.78, 5) is 14.2. The predicted octanol–water partition coefficient (Wildman–Crippen LogP) is 3.02. The number of carboxylic acids is 1. The molecule has 1 atom stereocenters. The maximum absolute atomic E-state index is 11.8. The van der Waals surface area contributed by atoms with Crippen molar-refractivity contribution in [2.45, 2.75) is 52.9 Å². The number of ether oxygens (including phenoxy) is 1. The lowest BCUT2D eigenvalue weighted by molar-refractivity contribution is -0.156. The van der Waals surface area contributed by atoms with Gasteiger partial charge in [0.15, 0.2) is 0 Å². The Labute approximate surface area is 128 Å². The Morgan fingerprint density at radius 2 is 1.90 bits per heavy atom. The van der Waals surface area contributed by atoms with Crippen LogP contribution >= 0.6 is 0 Å². The van der Waals surface area contributed by atoms with Crippen LogP contribution in [0.25, 0.3) is 0 Å². The first-order valence-corrected chi connectivity index (χ1v) is 8.37. The van der Waals surface area contributed by atoms with Gasteiger partial charge in [-0.3, -0.25) is 4.79 Å². The van der Waals surface area contributed by atoms with E-state index in [4.69, 9.17) is 4.74 Å². The number of carbonyl (C=O) groups is 1. The Morgan fingerprint density at radius 1 is 1.24 bits per heavy atom. The summed E-state index contributed by atoms with van der Waals surface area (Å²) in [6.45, 7) is 10.9. The van der Waals surface area contributed by atoms with E-state index in [0.29, 0.717) is 38.0 Å². The number of carboxylic acid groups (broad SMARTS) is 1. The quantitative estimate of drug-likeness (QED) is 0.870. The highest BCUT2D eigenvalue weighted by molar-refractivity contribution is 5.75. The molecule has 2 rings (SSSR count). The monoisotopic (exact) mass is 297 g/mol. The van der Waals surface area contributed by atoms with Crippen LogP contribution in [0.3, 0.4) is 0 Å². The minimum Gasteiger partial charge on any atom is -0.481 e. The standard InChI is InChI=1S/C17H31NO3/c1-16(2,3)14-5-4-9-18(10-6-14)13-17(15(19)20)7-11-21-12-8-17/h14H,4-13H2,1-3H3,(H,19,20). The Bertz CT molecular complexity index is 356. The fraction of sp³-hybridized carbons (Fsp3) is 0.941. The van der Waals surface area contributed by atoms with Crippen LogP contribution in [0.2, 0.25) is 0 Å². The van der Waals surface area contributed by atoms with Crippen LogP contribution in [0.4, 0.5) is 0 Å². The molecule has 0 saturated carbocycles. The lowest BCUT2D eigenvalue weighted by Gasteiger charge is -2.37. The molecule has 1 N–H and O–H groups in total. The van der Waals surface area contributed by atoms with Crippen molar-refractivity contribution in [3.8, 4) is 0 Å². The normalized spacial score (nSPS) is 28.0. The Kier molecular flexibility index (Phi) is 5.31. The van der Waals surface area contributed by atoms with E-state index in [1.54, 1.807) is 0 Å². The number of aliphatic carboxylic acids is 1. The SMILES string of the molecule is CC(C)(C)C1CCCN(CC2(C(=O)O)CCOCC2)CC1. The molecule has 0 aromatic carbocycles. The number of nitrogens with zero attached hydrogens (tertiary/aromatic N) is 1. The number of rotatable bonds is 3. The summed E-state index contributed by atoms with van der Waals surface area (Å²) in [5.74, 6) is 0.111. The minimum absolute atomic E-state index is 0.360. The van der Waals surface area contributed by atoms with E-state index in [-0.39, 0.29) is 0 Å². The van der Waals surface area contributed by atoms with Crippen molar-refractivity contribution in [3.05, 3.63) is 0 Å². The molecular weight excluding hydrogens is 266 g/mol. The lowest BCUT2D eigenvalue weighted by atomic mass is 9.76. The van der Waals surface area contributed by atoms with E-state index in [9.17, 15) is 9.90 Å². The van der Waals surface area contributed by atoms with Gasteiger partial charge in [-0.1, -0.05) is 20.8 Å². The smallest absolute Gasteiger partial charge is 0.311 e. The summed E-state index contributed by atoms with van der Waals surface area (Å²) in [6, 6.07) is 0. The van der Waals surface area contributed by atoms with Crippen LogP contribution < -0.4 is 0 Å². The third-order valence-corrected chi connectivity index (χ3v) is 5.48. The molecule has 0 aliphatic carbocycles. The Hall–Kier alpha value is -0.610. The third-order valence-electron chi connectivity index (χ3n) is 5.48. The van der Waals surface area contributed by atoms with E-state index < -0.39 is 11.4 Å². The summed E-state index contributed by atoms with van der Waals surface area (Å²) in [5.41, 5.74) is -0.223. The van der Waals surface area contributed by atoms with Crippen LogP contribution in [0.1, 0.15) is 52.9 Å². The van der Waals surface area contributed by atoms with Gasteiger partial charge in [0.2, 0.25) is 0 Å². The van der Waals surface area contributed by atoms with Crippen molar-refractivity contribution in [3.63, 3.8) is 0 Å². The molecular formula is C17H31NO3. The van der Waals surface area contributed by atoms with Crippen molar-refractivity contribution in [1.82, 2.24) is 4.90 Å². The molecule has 1 unspecified atom stereocenters. The molecule has 0 amide bonds. The molecule has 0 aromatic heterocycles. The summed E-state index contributed by atoms with van der Waals surface area (Å²) >= 11 is 0. The third kappa shape index (κ3) is 4.19. The van der Waals surface area contributed by atoms with Gasteiger partial charge in [-0.05, 0) is 56.5 Å². The fourth-order valence-corrected chi connectivity index (χ4v) is 3.81. The van der Waals surface area contributed by atoms with Crippen LogP contribution in [0, 0.1) is 16.7 Å². The van der Waals surface area contributed by atoms with E-state index in [2.05, 4.69) is 25.7 Å². The highest BCUT2D eigenvalue weighted by Gasteiger charge is 2.42. The maximum Gasteiger partial charge on any atom is 0.311 e. The zero-order chi connectivity index (χ0) is 15.5. The molecule has 2 saturated heterocycles. The summed E-state index contributed by atoms with van der Waals surface area (Å²) in [7, 11) is 0. The Morgan fingerprint density at radius 3 is 2.48 bits per heavy atom. The first-order chi connectivity index (χ1) is 9.83. The van der Waals surface area contributed by atoms with Crippen LogP contribution in [-0.4, -0.2) is 48.8 Å². The second-order valence-corrected chi connectivity index (χ2v) is 7.97. The molecule has 2 heterocycles. The highest BCUT2D eigenvalue weighted by atomic mass is 16.5. The van der Waals surface area contributed by atoms with Crippen molar-refractivity contribution in [2.75, 3.05) is 32.8 Å². The van der Waals surface area contributed by atoms with Gasteiger partial charge >= 0.3 is 5.97 Å². The molecule has 0 bridgehead atoms. The summed E-state index contributed by atoms with van der Waals surface area (Å²) < 4.78 is 5.37. The van der Waals surface area contributed by atoms with E-state index >= 15 is 0 Å². The molecule has 21 heavy (non-hydrogen) atoms. The Balaban J connectivity index is 1.97. The van der Waals surface area contributed by atoms with E-state index in [1.165, 1.54) is 19.3 Å². The lowest BCUT2D eigenvalue weighted by Crippen LogP contribution is -2.47. The second-order valence-electron chi connectivity index (χ2n) is 7.97. The molecule has 0 spiro atoms. The van der Waals surface area contributed by atoms with Crippen LogP contribution in [0.5, 0.6) is 0 Å². The van der Waals surface area contributed by atoms with Gasteiger partial charge in [0.1, 0.15) is 0 Å². The van der Waals surface area contributed by atoms with Gasteiger partial charge in [0.25, 0.3) is 0 Å². The van der Waals surface area contributed by atoms with Crippen LogP contribution in [-0.2, 0) is 9.53 Å². The second kappa shape index (κ2) is 6.66. The zero-order valence-electron chi connectivity index (χ0n) is 13.9. The predicted molar refractivity (Wildman–Crippen MR) is 83.4 cm³/mol. The van der Waals surface area contributed by atoms with E-state index in [1.807, 2.05) is 0 Å². The number of likely N-dealkylation sites (tertiary alicyclic amines) is 1. The zero-order valence-corrected chi connectivity index (χ0v) is 13.9. The molecule has 0 aromatic rings. The molecule has 0 radical (unpaired) electrons. The maximum atomic E-state index is 11.8. The fourth-order valence-electron chi connectivity index (χ4n) is 3.81. The van der Waals surface area contributed by atoms with Crippen molar-refractivity contribution >= 4 is 5.97 Å². The first kappa shape index (κ1) is 16.8. The number of hydrogen-bond acceptors (Lipinski definition) is 3. The van der Waals surface area contributed by atoms with Gasteiger partial charge in [-0.25, -0.2) is 0 Å². The molecule has 122 valence electrons. The average Bonchev–Trinajstić information content (AvgIpc) is 2.65. The molecule has 2 aliphatic heterocycles. The molecule has 2 aliphatic rings. The average molecular weight is 297 g/mol. The van der Waals surface area contributed by atoms with Crippen LogP contribution in [0.15, 0.2) is 0 Å². The van der Waals surface area contributed by atoms with Gasteiger partial charge < -0.3 is 14.7 Å². The minimum atomic E-state index is -0.637. The van der Waals surface area contributed by atoms with Gasteiger partial charge in [-0.2, -0.15) is 0 Å². The van der Waals surface area contributed by atoms with Gasteiger partial charge in [-0.15, -0.1) is 0 Å². The largest absolute Gasteiger partial charge is 0.481 e. The van der Waals surface area contributed by atoms with Crippen molar-refractivity contribution < 1.29 is 14.6 Å². The van der Waals surface area contributed by atoms with Crippen molar-refractivity contribution in [2.24, 2.45) is 16.7 Å². The van der Waals surface area contributed by atoms with Crippen molar-refractivity contribution in [1.29, 1.82) is 0 Å². The summed E-state index contributed by atoms with van der Waals surface area (Å²) in [6.07, 6.45) is 4.95. The topological polar surface area (TPSA) is 49.8 Å².